The highest BCUT2D eigenvalue weighted by molar-refractivity contribution is 6.07. The Balaban J connectivity index is 1.69. The summed E-state index contributed by atoms with van der Waals surface area (Å²) in [4.78, 5) is 22.7. The zero-order valence-electron chi connectivity index (χ0n) is 17.5. The van der Waals surface area contributed by atoms with Gasteiger partial charge in [-0.15, -0.1) is 0 Å². The van der Waals surface area contributed by atoms with Gasteiger partial charge in [-0.05, 0) is 59.7 Å². The van der Waals surface area contributed by atoms with Gasteiger partial charge in [0.25, 0.3) is 5.69 Å². The van der Waals surface area contributed by atoms with Gasteiger partial charge < -0.3 is 19.3 Å². The lowest BCUT2D eigenvalue weighted by Crippen LogP contribution is -1.98. The molecule has 0 aliphatic heterocycles. The topological polar surface area (TPSA) is 108 Å². The van der Waals surface area contributed by atoms with Crippen molar-refractivity contribution in [2.75, 3.05) is 14.2 Å². The maximum Gasteiger partial charge on any atom is 0.269 e. The second-order valence-electron chi connectivity index (χ2n) is 6.71. The summed E-state index contributed by atoms with van der Waals surface area (Å²) in [6.07, 6.45) is 3.06. The van der Waals surface area contributed by atoms with Crippen LogP contribution in [0.2, 0.25) is 0 Å². The molecule has 8 heteroatoms. The number of hydrogen-bond acceptors (Lipinski definition) is 7. The van der Waals surface area contributed by atoms with E-state index in [0.717, 1.165) is 11.1 Å². The minimum atomic E-state index is -0.456. The highest BCUT2D eigenvalue weighted by Gasteiger charge is 2.09. The van der Waals surface area contributed by atoms with Gasteiger partial charge in [0.2, 0.25) is 0 Å². The van der Waals surface area contributed by atoms with Crippen molar-refractivity contribution in [1.82, 2.24) is 0 Å². The number of carbonyl (C=O) groups is 1. The minimum Gasteiger partial charge on any atom is -0.504 e. The van der Waals surface area contributed by atoms with Crippen LogP contribution in [0.1, 0.15) is 21.5 Å². The summed E-state index contributed by atoms with van der Waals surface area (Å²) in [5.41, 5.74) is 1.90. The molecule has 0 aromatic heterocycles. The van der Waals surface area contributed by atoms with Crippen LogP contribution in [0.25, 0.3) is 6.08 Å². The molecular weight excluding hydrogens is 414 g/mol. The molecule has 164 valence electrons. The number of carbonyl (C=O) groups excluding carboxylic acids is 1. The molecule has 0 saturated carbocycles. The van der Waals surface area contributed by atoms with Gasteiger partial charge >= 0.3 is 0 Å². The van der Waals surface area contributed by atoms with Crippen LogP contribution >= 0.6 is 0 Å². The first-order valence-electron chi connectivity index (χ1n) is 9.55. The van der Waals surface area contributed by atoms with Crippen LogP contribution in [-0.2, 0) is 6.61 Å². The number of methoxy groups -OCH3 is 2. The van der Waals surface area contributed by atoms with Crippen molar-refractivity contribution >= 4 is 17.5 Å². The van der Waals surface area contributed by atoms with Crippen molar-refractivity contribution < 1.29 is 29.0 Å². The summed E-state index contributed by atoms with van der Waals surface area (Å²) < 4.78 is 16.2. The number of allylic oxidation sites excluding steroid dienone is 1. The number of nitro benzene ring substituents is 1. The molecule has 1 N–H and O–H groups in total. The van der Waals surface area contributed by atoms with Crippen LogP contribution < -0.4 is 14.2 Å². The number of aromatic hydroxyl groups is 1. The molecular formula is C24H21NO7. The Hall–Kier alpha value is -4.33. The molecule has 32 heavy (non-hydrogen) atoms. The lowest BCUT2D eigenvalue weighted by molar-refractivity contribution is -0.384. The van der Waals surface area contributed by atoms with Crippen molar-refractivity contribution in [3.05, 3.63) is 93.5 Å². The fourth-order valence-corrected chi connectivity index (χ4v) is 2.88. The lowest BCUT2D eigenvalue weighted by Gasteiger charge is -2.11. The molecule has 0 saturated heterocycles. The summed E-state index contributed by atoms with van der Waals surface area (Å²) in [5, 5.41) is 20.4. The number of phenols is 1. The molecule has 3 rings (SSSR count). The van der Waals surface area contributed by atoms with Gasteiger partial charge in [0.1, 0.15) is 6.61 Å². The normalized spacial score (nSPS) is 10.7. The Morgan fingerprint density at radius 3 is 2.34 bits per heavy atom. The zero-order valence-corrected chi connectivity index (χ0v) is 17.5. The molecule has 0 spiro atoms. The molecule has 0 radical (unpaired) electrons. The molecule has 3 aromatic rings. The first-order chi connectivity index (χ1) is 15.4. The molecule has 0 aliphatic rings. The van der Waals surface area contributed by atoms with E-state index in [1.165, 1.54) is 50.6 Å². The monoisotopic (exact) mass is 435 g/mol. The van der Waals surface area contributed by atoms with E-state index in [0.29, 0.717) is 17.1 Å². The number of hydrogen-bond donors (Lipinski definition) is 1. The van der Waals surface area contributed by atoms with Crippen LogP contribution in [0.4, 0.5) is 5.69 Å². The Labute approximate surface area is 184 Å². The van der Waals surface area contributed by atoms with Crippen LogP contribution in [0.5, 0.6) is 23.0 Å². The summed E-state index contributed by atoms with van der Waals surface area (Å²) in [7, 11) is 2.92. The van der Waals surface area contributed by atoms with Crippen LogP contribution in [0.3, 0.4) is 0 Å². The smallest absolute Gasteiger partial charge is 0.269 e. The Morgan fingerprint density at radius 2 is 1.69 bits per heavy atom. The van der Waals surface area contributed by atoms with Crippen molar-refractivity contribution in [2.24, 2.45) is 0 Å². The summed E-state index contributed by atoms with van der Waals surface area (Å²) in [5.74, 6) is 0.911. The van der Waals surface area contributed by atoms with Crippen molar-refractivity contribution in [1.29, 1.82) is 0 Å². The van der Waals surface area contributed by atoms with Crippen LogP contribution in [-0.4, -0.2) is 30.0 Å². The first-order valence-corrected chi connectivity index (χ1v) is 9.55. The first kappa shape index (κ1) is 22.4. The number of benzene rings is 3. The summed E-state index contributed by atoms with van der Waals surface area (Å²) in [6, 6.07) is 15.7. The maximum atomic E-state index is 12.4. The fraction of sp³-hybridized carbons (Fsp3) is 0.125. The number of non-ortho nitro benzene ring substituents is 1. The van der Waals surface area contributed by atoms with Crippen LogP contribution in [0, 0.1) is 10.1 Å². The molecule has 8 nitrogen and oxygen atoms in total. The number of rotatable bonds is 9. The Morgan fingerprint density at radius 1 is 0.969 bits per heavy atom. The third kappa shape index (κ3) is 5.42. The SMILES string of the molecule is COc1cc(C(=O)/C=C/c2ccc(OCc3ccc([N+](=O)[O-])cc3)c(OC)c2)ccc1O. The van der Waals surface area contributed by atoms with E-state index in [1.54, 1.807) is 36.4 Å². The van der Waals surface area contributed by atoms with Gasteiger partial charge in [0.15, 0.2) is 28.8 Å². The molecule has 0 aliphatic carbocycles. The predicted octanol–water partition coefficient (Wildman–Crippen LogP) is 4.79. The number of ether oxygens (including phenoxy) is 3. The molecule has 0 bridgehead atoms. The summed E-state index contributed by atoms with van der Waals surface area (Å²) in [6.45, 7) is 0.213. The van der Waals surface area contributed by atoms with Crippen molar-refractivity contribution in [3.8, 4) is 23.0 Å². The van der Waals surface area contributed by atoms with E-state index in [-0.39, 0.29) is 29.6 Å². The maximum absolute atomic E-state index is 12.4. The van der Waals surface area contributed by atoms with Gasteiger partial charge in [-0.1, -0.05) is 12.1 Å². The molecule has 0 amide bonds. The molecule has 0 heterocycles. The molecule has 3 aromatic carbocycles. The van der Waals surface area contributed by atoms with Gasteiger partial charge in [-0.25, -0.2) is 0 Å². The second-order valence-corrected chi connectivity index (χ2v) is 6.71. The molecule has 0 unspecified atom stereocenters. The number of nitrogens with zero attached hydrogens (tertiary/aromatic N) is 1. The van der Waals surface area contributed by atoms with Crippen LogP contribution in [0.15, 0.2) is 66.7 Å². The minimum absolute atomic E-state index is 0.0164. The van der Waals surface area contributed by atoms with Crippen molar-refractivity contribution in [3.63, 3.8) is 0 Å². The van der Waals surface area contributed by atoms with E-state index in [4.69, 9.17) is 14.2 Å². The number of ketones is 1. The average Bonchev–Trinajstić information content (AvgIpc) is 2.81. The third-order valence-corrected chi connectivity index (χ3v) is 4.62. The fourth-order valence-electron chi connectivity index (χ4n) is 2.88. The van der Waals surface area contributed by atoms with Gasteiger partial charge in [0.05, 0.1) is 19.1 Å². The van der Waals surface area contributed by atoms with E-state index in [1.807, 2.05) is 0 Å². The average molecular weight is 435 g/mol. The predicted molar refractivity (Wildman–Crippen MR) is 118 cm³/mol. The number of nitro groups is 1. The van der Waals surface area contributed by atoms with E-state index in [2.05, 4.69) is 0 Å². The van der Waals surface area contributed by atoms with Gasteiger partial charge in [-0.2, -0.15) is 0 Å². The molecule has 0 fully saturated rings. The lowest BCUT2D eigenvalue weighted by atomic mass is 10.1. The van der Waals surface area contributed by atoms with Crippen molar-refractivity contribution in [2.45, 2.75) is 6.61 Å². The van der Waals surface area contributed by atoms with E-state index >= 15 is 0 Å². The quantitative estimate of drug-likeness (QED) is 0.223. The largest absolute Gasteiger partial charge is 0.504 e. The van der Waals surface area contributed by atoms with Gasteiger partial charge in [0, 0.05) is 17.7 Å². The highest BCUT2D eigenvalue weighted by atomic mass is 16.6. The second kappa shape index (κ2) is 10.1. The highest BCUT2D eigenvalue weighted by Crippen LogP contribution is 2.30. The third-order valence-electron chi connectivity index (χ3n) is 4.62. The Kier molecular flexibility index (Phi) is 7.07. The van der Waals surface area contributed by atoms with Gasteiger partial charge in [-0.3, -0.25) is 14.9 Å². The van der Waals surface area contributed by atoms with E-state index in [9.17, 15) is 20.0 Å². The Bertz CT molecular complexity index is 1150. The zero-order chi connectivity index (χ0) is 23.1. The molecule has 0 atom stereocenters. The number of phenolic OH excluding ortho intramolecular Hbond substituents is 1. The standard InChI is InChI=1S/C24H21NO7/c1-30-23-14-18(7-11-21(23)27)20(26)10-5-16-6-12-22(24(13-16)31-2)32-15-17-3-8-19(9-4-17)25(28)29/h3-14,27H,15H2,1-2H3/b10-5+. The summed E-state index contributed by atoms with van der Waals surface area (Å²) >= 11 is 0. The van der Waals surface area contributed by atoms with E-state index < -0.39 is 4.92 Å².